The largest absolute Gasteiger partial charge is 0.487 e. The molecule has 1 aromatic carbocycles. The highest BCUT2D eigenvalue weighted by molar-refractivity contribution is 6.09. The molecule has 3 aromatic rings. The number of anilines is 2. The van der Waals surface area contributed by atoms with Gasteiger partial charge in [-0.1, -0.05) is 13.8 Å². The Morgan fingerprint density at radius 2 is 2.06 bits per heavy atom. The second-order valence-corrected chi connectivity index (χ2v) is 8.72. The normalized spacial score (nSPS) is 20.7. The summed E-state index contributed by atoms with van der Waals surface area (Å²) in [5.74, 6) is 1.04. The van der Waals surface area contributed by atoms with Crippen LogP contribution in [0.25, 0.3) is 5.65 Å². The van der Waals surface area contributed by atoms with E-state index in [9.17, 15) is 4.79 Å². The first-order chi connectivity index (χ1) is 14.9. The molecule has 8 heteroatoms. The molecule has 1 saturated heterocycles. The van der Waals surface area contributed by atoms with Crippen LogP contribution in [0, 0.1) is 5.92 Å². The zero-order valence-electron chi connectivity index (χ0n) is 18.1. The summed E-state index contributed by atoms with van der Waals surface area (Å²) in [5, 5.41) is 7.35. The van der Waals surface area contributed by atoms with Crippen molar-refractivity contribution in [1.82, 2.24) is 14.6 Å². The van der Waals surface area contributed by atoms with Gasteiger partial charge in [0.15, 0.2) is 5.65 Å². The van der Waals surface area contributed by atoms with Crippen LogP contribution in [0.3, 0.4) is 0 Å². The van der Waals surface area contributed by atoms with Gasteiger partial charge >= 0.3 is 0 Å². The van der Waals surface area contributed by atoms with Crippen molar-refractivity contribution in [2.75, 3.05) is 36.5 Å². The van der Waals surface area contributed by atoms with Crippen molar-refractivity contribution in [3.63, 3.8) is 0 Å². The first kappa shape index (κ1) is 19.8. The van der Waals surface area contributed by atoms with E-state index in [0.717, 1.165) is 42.2 Å². The molecule has 5 rings (SSSR count). The minimum absolute atomic E-state index is 0.228. The summed E-state index contributed by atoms with van der Waals surface area (Å²) < 4.78 is 13.5. The molecule has 0 aliphatic carbocycles. The van der Waals surface area contributed by atoms with Crippen LogP contribution in [-0.4, -0.2) is 52.4 Å². The molecule has 2 aliphatic heterocycles. The zero-order valence-corrected chi connectivity index (χ0v) is 18.1. The Morgan fingerprint density at radius 1 is 1.26 bits per heavy atom. The lowest BCUT2D eigenvalue weighted by Gasteiger charge is -2.31. The predicted octanol–water partition coefficient (Wildman–Crippen LogP) is 3.17. The molecule has 162 valence electrons. The van der Waals surface area contributed by atoms with E-state index in [2.05, 4.69) is 53.2 Å². The van der Waals surface area contributed by atoms with Crippen molar-refractivity contribution in [1.29, 1.82) is 0 Å². The van der Waals surface area contributed by atoms with Gasteiger partial charge in [-0.05, 0) is 25.0 Å². The number of carbonyl (C=O) groups is 1. The van der Waals surface area contributed by atoms with Crippen molar-refractivity contribution in [3.05, 3.63) is 47.9 Å². The summed E-state index contributed by atoms with van der Waals surface area (Å²) in [6, 6.07) is 5.91. The van der Waals surface area contributed by atoms with Crippen molar-refractivity contribution in [2.24, 2.45) is 5.92 Å². The number of carbonyl (C=O) groups excluding carboxylic acids is 1. The molecule has 4 heterocycles. The second-order valence-electron chi connectivity index (χ2n) is 8.72. The van der Waals surface area contributed by atoms with Gasteiger partial charge < -0.3 is 19.7 Å². The highest BCUT2D eigenvalue weighted by Crippen LogP contribution is 2.44. The molecular weight excluding hydrogens is 394 g/mol. The first-order valence-corrected chi connectivity index (χ1v) is 10.7. The van der Waals surface area contributed by atoms with E-state index in [1.165, 1.54) is 0 Å². The van der Waals surface area contributed by atoms with E-state index in [1.807, 2.05) is 0 Å². The van der Waals surface area contributed by atoms with Gasteiger partial charge in [0.05, 0.1) is 30.8 Å². The Morgan fingerprint density at radius 3 is 2.84 bits per heavy atom. The van der Waals surface area contributed by atoms with E-state index in [4.69, 9.17) is 9.47 Å². The predicted molar refractivity (Wildman–Crippen MR) is 118 cm³/mol. The first-order valence-electron chi connectivity index (χ1n) is 10.7. The molecule has 1 atom stereocenters. The van der Waals surface area contributed by atoms with Crippen molar-refractivity contribution < 1.29 is 14.3 Å². The van der Waals surface area contributed by atoms with Crippen LogP contribution < -0.4 is 15.0 Å². The lowest BCUT2D eigenvalue weighted by molar-refractivity contribution is 0.0646. The lowest BCUT2D eigenvalue weighted by atomic mass is 9.88. The quantitative estimate of drug-likeness (QED) is 0.697. The Balaban J connectivity index is 1.52. The molecule has 0 radical (unpaired) electrons. The molecular formula is C23H27N5O3. The topological polar surface area (TPSA) is 81.0 Å². The molecule has 1 N–H and O–H groups in total. The van der Waals surface area contributed by atoms with Crippen LogP contribution in [0.4, 0.5) is 11.4 Å². The lowest BCUT2D eigenvalue weighted by Crippen LogP contribution is -2.37. The Labute approximate surface area is 181 Å². The number of nitrogens with one attached hydrogen (secondary N) is 1. The zero-order chi connectivity index (χ0) is 21.6. The minimum Gasteiger partial charge on any atom is -0.487 e. The minimum atomic E-state index is -0.250. The van der Waals surface area contributed by atoms with E-state index in [1.54, 1.807) is 29.2 Å². The molecule has 1 amide bonds. The molecule has 8 nitrogen and oxygen atoms in total. The standard InChI is InChI=1S/C23H27N5O3/c1-15(2)23(3)13-16-11-18(19(12-20(16)31-23)27-7-9-30-10-8-27)26-22(29)17-14-25-28-6-4-5-24-21(17)28/h4-6,11-12,14-15H,7-10,13H2,1-3H3,(H,26,29)/t23-/m1/s1. The summed E-state index contributed by atoms with van der Waals surface area (Å²) in [4.78, 5) is 19.7. The van der Waals surface area contributed by atoms with E-state index < -0.39 is 0 Å². The molecule has 2 aliphatic rings. The average molecular weight is 422 g/mol. The third-order valence-corrected chi connectivity index (χ3v) is 6.41. The monoisotopic (exact) mass is 421 g/mol. The number of fused-ring (bicyclic) bond motifs is 2. The number of aromatic nitrogens is 3. The number of hydrogen-bond donors (Lipinski definition) is 1. The van der Waals surface area contributed by atoms with Gasteiger partial charge in [0.2, 0.25) is 0 Å². The summed E-state index contributed by atoms with van der Waals surface area (Å²) in [6.07, 6.45) is 5.80. The van der Waals surface area contributed by atoms with Gasteiger partial charge in [0.25, 0.3) is 5.91 Å². The number of benzene rings is 1. The van der Waals surface area contributed by atoms with Gasteiger partial charge in [-0.15, -0.1) is 0 Å². The third kappa shape index (κ3) is 3.50. The Bertz CT molecular complexity index is 1140. The maximum Gasteiger partial charge on any atom is 0.261 e. The number of rotatable bonds is 4. The molecule has 0 bridgehead atoms. The fourth-order valence-corrected chi connectivity index (χ4v) is 4.18. The third-order valence-electron chi connectivity index (χ3n) is 6.41. The average Bonchev–Trinajstić information content (AvgIpc) is 3.34. The van der Waals surface area contributed by atoms with Crippen LogP contribution in [0.5, 0.6) is 5.75 Å². The summed E-state index contributed by atoms with van der Waals surface area (Å²) >= 11 is 0. The van der Waals surface area contributed by atoms with Gasteiger partial charge in [-0.2, -0.15) is 5.10 Å². The van der Waals surface area contributed by atoms with Crippen molar-refractivity contribution in [2.45, 2.75) is 32.8 Å². The summed E-state index contributed by atoms with van der Waals surface area (Å²) in [6.45, 7) is 9.35. The number of ether oxygens (including phenoxy) is 2. The Hall–Kier alpha value is -3.13. The molecule has 0 unspecified atom stereocenters. The molecule has 2 aromatic heterocycles. The maximum atomic E-state index is 13.2. The SMILES string of the molecule is CC(C)[C@@]1(C)Cc2cc(NC(=O)c3cnn4cccnc34)c(N3CCOCC3)cc2O1. The van der Waals surface area contributed by atoms with E-state index in [0.29, 0.717) is 30.3 Å². The van der Waals surface area contributed by atoms with Crippen LogP contribution in [0.2, 0.25) is 0 Å². The van der Waals surface area contributed by atoms with Crippen LogP contribution in [0.1, 0.15) is 36.7 Å². The fourth-order valence-electron chi connectivity index (χ4n) is 4.18. The Kier molecular flexibility index (Phi) is 4.81. The number of amides is 1. The van der Waals surface area contributed by atoms with Crippen molar-refractivity contribution in [3.8, 4) is 5.75 Å². The van der Waals surface area contributed by atoms with Crippen LogP contribution in [0.15, 0.2) is 36.8 Å². The molecule has 1 fully saturated rings. The highest BCUT2D eigenvalue weighted by atomic mass is 16.5. The highest BCUT2D eigenvalue weighted by Gasteiger charge is 2.38. The number of hydrogen-bond acceptors (Lipinski definition) is 6. The molecule has 31 heavy (non-hydrogen) atoms. The van der Waals surface area contributed by atoms with Crippen LogP contribution in [-0.2, 0) is 11.2 Å². The number of morpholine rings is 1. The van der Waals surface area contributed by atoms with Crippen molar-refractivity contribution >= 4 is 22.9 Å². The van der Waals surface area contributed by atoms with Gasteiger partial charge in [-0.25, -0.2) is 9.50 Å². The number of nitrogens with zero attached hydrogens (tertiary/aromatic N) is 4. The summed E-state index contributed by atoms with van der Waals surface area (Å²) in [5.41, 5.74) is 3.56. The fraction of sp³-hybridized carbons (Fsp3) is 0.435. The molecule has 0 saturated carbocycles. The van der Waals surface area contributed by atoms with Gasteiger partial charge in [-0.3, -0.25) is 4.79 Å². The smallest absolute Gasteiger partial charge is 0.261 e. The van der Waals surface area contributed by atoms with E-state index in [-0.39, 0.29) is 11.5 Å². The van der Waals surface area contributed by atoms with Crippen LogP contribution >= 0.6 is 0 Å². The molecule has 0 spiro atoms. The maximum absolute atomic E-state index is 13.2. The second kappa shape index (κ2) is 7.53. The van der Waals surface area contributed by atoms with Gasteiger partial charge in [0, 0.05) is 43.5 Å². The van der Waals surface area contributed by atoms with E-state index >= 15 is 0 Å². The van der Waals surface area contributed by atoms with Gasteiger partial charge in [0.1, 0.15) is 16.9 Å². The summed E-state index contributed by atoms with van der Waals surface area (Å²) in [7, 11) is 0.